The first kappa shape index (κ1) is 9.96. The van der Waals surface area contributed by atoms with Gasteiger partial charge in [0.15, 0.2) is 5.78 Å². The molecule has 1 aliphatic heterocycles. The van der Waals surface area contributed by atoms with Gasteiger partial charge in [-0.05, 0) is 25.0 Å². The molecule has 1 saturated heterocycles. The molecule has 0 aromatic carbocycles. The molecule has 0 atom stereocenters. The van der Waals surface area contributed by atoms with Crippen LogP contribution in [-0.2, 0) is 0 Å². The minimum absolute atomic E-state index is 0.000000000000000666. The van der Waals surface area contributed by atoms with Crippen LogP contribution in [0, 0.1) is 0 Å². The van der Waals surface area contributed by atoms with Crippen LogP contribution in [0.25, 0.3) is 0 Å². The average molecular weight is 206 g/mol. The van der Waals surface area contributed by atoms with Crippen LogP contribution in [0.2, 0.25) is 0 Å². The Bertz CT molecular complexity index is 389. The average Bonchev–Trinajstić information content (AvgIpc) is 2.88. The third-order valence-corrected chi connectivity index (χ3v) is 2.69. The van der Waals surface area contributed by atoms with Crippen molar-refractivity contribution in [2.75, 3.05) is 13.1 Å². The van der Waals surface area contributed by atoms with Gasteiger partial charge in [0.2, 0.25) is 0 Å². The number of ketones is 1. The number of H-pyrrole nitrogens is 1. The maximum atomic E-state index is 11.9. The third-order valence-electron chi connectivity index (χ3n) is 2.69. The van der Waals surface area contributed by atoms with E-state index in [-0.39, 0.29) is 11.7 Å². The second-order valence-electron chi connectivity index (χ2n) is 3.84. The van der Waals surface area contributed by atoms with Crippen molar-refractivity contribution in [3.05, 3.63) is 23.5 Å². The normalized spacial score (nSPS) is 15.7. The highest BCUT2D eigenvalue weighted by Crippen LogP contribution is 2.12. The summed E-state index contributed by atoms with van der Waals surface area (Å²) in [4.78, 5) is 27.6. The number of nitrogens with zero attached hydrogens (tertiary/aromatic N) is 1. The third kappa shape index (κ3) is 1.93. The Morgan fingerprint density at radius 1 is 1.20 bits per heavy atom. The van der Waals surface area contributed by atoms with Crippen LogP contribution in [0.4, 0.5) is 0 Å². The number of nitrogens with one attached hydrogen (secondary N) is 1. The molecule has 4 nitrogen and oxygen atoms in total. The predicted octanol–water partition coefficient (Wildman–Crippen LogP) is 1.45. The van der Waals surface area contributed by atoms with Crippen molar-refractivity contribution in [1.82, 2.24) is 9.88 Å². The molecular formula is C11H14N2O2. The van der Waals surface area contributed by atoms with Crippen LogP contribution in [0.15, 0.2) is 12.1 Å². The number of likely N-dealkylation sites (tertiary alicyclic amines) is 1. The van der Waals surface area contributed by atoms with E-state index in [0.29, 0.717) is 11.4 Å². The number of aromatic amines is 1. The second-order valence-corrected chi connectivity index (χ2v) is 3.84. The summed E-state index contributed by atoms with van der Waals surface area (Å²) in [6.45, 7) is 3.14. The fourth-order valence-corrected chi connectivity index (χ4v) is 1.82. The van der Waals surface area contributed by atoms with E-state index in [2.05, 4.69) is 4.98 Å². The SMILES string of the molecule is CC(=O)c1ccc(C(=O)N2CCCC2)[nH]1. The van der Waals surface area contributed by atoms with Gasteiger partial charge >= 0.3 is 0 Å². The summed E-state index contributed by atoms with van der Waals surface area (Å²) >= 11 is 0. The van der Waals surface area contributed by atoms with E-state index >= 15 is 0 Å². The van der Waals surface area contributed by atoms with Crippen molar-refractivity contribution in [2.24, 2.45) is 0 Å². The lowest BCUT2D eigenvalue weighted by Crippen LogP contribution is -2.27. The summed E-state index contributed by atoms with van der Waals surface area (Å²) < 4.78 is 0. The fourth-order valence-electron chi connectivity index (χ4n) is 1.82. The smallest absolute Gasteiger partial charge is 0.270 e. The van der Waals surface area contributed by atoms with Crippen molar-refractivity contribution in [1.29, 1.82) is 0 Å². The molecule has 1 aromatic rings. The number of aromatic nitrogens is 1. The number of Topliss-reactive ketones (excluding diaryl/α,β-unsaturated/α-hetero) is 1. The number of carbonyl (C=O) groups is 2. The molecule has 0 aliphatic carbocycles. The summed E-state index contributed by atoms with van der Waals surface area (Å²) in [7, 11) is 0. The molecule has 0 unspecified atom stereocenters. The van der Waals surface area contributed by atoms with Crippen molar-refractivity contribution in [3.8, 4) is 0 Å². The van der Waals surface area contributed by atoms with E-state index in [9.17, 15) is 9.59 Å². The van der Waals surface area contributed by atoms with Gasteiger partial charge in [-0.2, -0.15) is 0 Å². The van der Waals surface area contributed by atoms with Crippen LogP contribution in [0.5, 0.6) is 0 Å². The number of hydrogen-bond donors (Lipinski definition) is 1. The highest BCUT2D eigenvalue weighted by Gasteiger charge is 2.20. The molecule has 1 fully saturated rings. The van der Waals surface area contributed by atoms with Crippen LogP contribution in [0.3, 0.4) is 0 Å². The molecule has 0 bridgehead atoms. The molecule has 4 heteroatoms. The molecule has 15 heavy (non-hydrogen) atoms. The lowest BCUT2D eigenvalue weighted by Gasteiger charge is -2.13. The monoisotopic (exact) mass is 206 g/mol. The minimum Gasteiger partial charge on any atom is -0.348 e. The van der Waals surface area contributed by atoms with E-state index in [1.165, 1.54) is 6.92 Å². The first-order valence-electron chi connectivity index (χ1n) is 5.17. The van der Waals surface area contributed by atoms with Gasteiger partial charge < -0.3 is 9.88 Å². The lowest BCUT2D eigenvalue weighted by molar-refractivity contribution is 0.0787. The zero-order chi connectivity index (χ0) is 10.8. The Morgan fingerprint density at radius 2 is 1.80 bits per heavy atom. The molecule has 0 spiro atoms. The number of hydrogen-bond acceptors (Lipinski definition) is 2. The van der Waals surface area contributed by atoms with Crippen molar-refractivity contribution in [3.63, 3.8) is 0 Å². The standard InChI is InChI=1S/C11H14N2O2/c1-8(14)9-4-5-10(12-9)11(15)13-6-2-3-7-13/h4-5,12H,2-3,6-7H2,1H3. The zero-order valence-corrected chi connectivity index (χ0v) is 8.75. The fraction of sp³-hybridized carbons (Fsp3) is 0.455. The van der Waals surface area contributed by atoms with E-state index in [0.717, 1.165) is 25.9 Å². The molecule has 0 saturated carbocycles. The van der Waals surface area contributed by atoms with Gasteiger partial charge in [0, 0.05) is 20.0 Å². The van der Waals surface area contributed by atoms with Gasteiger partial charge in [0.1, 0.15) is 5.69 Å². The van der Waals surface area contributed by atoms with Gasteiger partial charge in [-0.15, -0.1) is 0 Å². The quantitative estimate of drug-likeness (QED) is 0.745. The molecule has 80 valence electrons. The lowest BCUT2D eigenvalue weighted by atomic mass is 10.3. The Hall–Kier alpha value is -1.58. The summed E-state index contributed by atoms with van der Waals surface area (Å²) in [6, 6.07) is 3.34. The van der Waals surface area contributed by atoms with Gasteiger partial charge in [0.25, 0.3) is 5.91 Å². The second kappa shape index (κ2) is 3.88. The van der Waals surface area contributed by atoms with Crippen molar-refractivity contribution >= 4 is 11.7 Å². The van der Waals surface area contributed by atoms with Crippen LogP contribution in [0.1, 0.15) is 40.7 Å². The molecule has 2 rings (SSSR count). The summed E-state index contributed by atoms with van der Waals surface area (Å²) in [6.07, 6.45) is 2.15. The van der Waals surface area contributed by atoms with Crippen LogP contribution in [-0.4, -0.2) is 34.7 Å². The maximum Gasteiger partial charge on any atom is 0.270 e. The highest BCUT2D eigenvalue weighted by atomic mass is 16.2. The van der Waals surface area contributed by atoms with Gasteiger partial charge in [-0.25, -0.2) is 0 Å². The van der Waals surface area contributed by atoms with Gasteiger partial charge in [0.05, 0.1) is 5.69 Å². The number of amides is 1. The Balaban J connectivity index is 2.14. The summed E-state index contributed by atoms with van der Waals surface area (Å²) in [5.41, 5.74) is 1.01. The molecule has 1 aromatic heterocycles. The summed E-state index contributed by atoms with van der Waals surface area (Å²) in [5, 5.41) is 0. The van der Waals surface area contributed by atoms with E-state index in [4.69, 9.17) is 0 Å². The molecule has 0 radical (unpaired) electrons. The maximum absolute atomic E-state index is 11.9. The van der Waals surface area contributed by atoms with E-state index in [1.54, 1.807) is 12.1 Å². The Kier molecular flexibility index (Phi) is 2.58. The van der Waals surface area contributed by atoms with Gasteiger partial charge in [-0.1, -0.05) is 0 Å². The molecule has 1 N–H and O–H groups in total. The number of carbonyl (C=O) groups excluding carboxylic acids is 2. The topological polar surface area (TPSA) is 53.2 Å². The predicted molar refractivity (Wildman–Crippen MR) is 55.9 cm³/mol. The highest BCUT2D eigenvalue weighted by molar-refractivity contribution is 5.97. The Labute approximate surface area is 88.3 Å². The first-order chi connectivity index (χ1) is 7.18. The summed E-state index contributed by atoms with van der Waals surface area (Å²) in [5.74, 6) is -0.0459. The zero-order valence-electron chi connectivity index (χ0n) is 8.75. The molecule has 2 heterocycles. The van der Waals surface area contributed by atoms with Crippen molar-refractivity contribution < 1.29 is 9.59 Å². The molecular weight excluding hydrogens is 192 g/mol. The van der Waals surface area contributed by atoms with Crippen molar-refractivity contribution in [2.45, 2.75) is 19.8 Å². The molecule has 1 aliphatic rings. The number of rotatable bonds is 2. The largest absolute Gasteiger partial charge is 0.348 e. The molecule has 1 amide bonds. The first-order valence-corrected chi connectivity index (χ1v) is 5.17. The van der Waals surface area contributed by atoms with E-state index in [1.807, 2.05) is 4.90 Å². The minimum atomic E-state index is -0.0459. The van der Waals surface area contributed by atoms with Gasteiger partial charge in [-0.3, -0.25) is 9.59 Å². The van der Waals surface area contributed by atoms with Crippen LogP contribution < -0.4 is 0 Å². The van der Waals surface area contributed by atoms with E-state index < -0.39 is 0 Å². The van der Waals surface area contributed by atoms with Crippen LogP contribution >= 0.6 is 0 Å². The Morgan fingerprint density at radius 3 is 2.33 bits per heavy atom.